The molecule has 5 heteroatoms. The van der Waals surface area contributed by atoms with Crippen molar-refractivity contribution in [3.63, 3.8) is 0 Å². The van der Waals surface area contributed by atoms with E-state index in [9.17, 15) is 10.2 Å². The first-order valence-electron chi connectivity index (χ1n) is 7.51. The van der Waals surface area contributed by atoms with Gasteiger partial charge in [-0.2, -0.15) is 0 Å². The molecule has 3 rings (SSSR count). The molecule has 5 nitrogen and oxygen atoms in total. The summed E-state index contributed by atoms with van der Waals surface area (Å²) in [5.74, 6) is 1.65. The zero-order valence-electron chi connectivity index (χ0n) is 12.1. The standard InChI is InChI=1S/C16H23NO4/c18-5-6-21-15-4-2-1-3-12(15)7-17-8-13-14(9-17)16(13,10-19)11-20/h1-4,13-14,18-20H,5-11H2. The molecule has 0 radical (unpaired) electrons. The lowest BCUT2D eigenvalue weighted by atomic mass is 10.0. The average molecular weight is 293 g/mol. The molecule has 0 amide bonds. The van der Waals surface area contributed by atoms with Crippen LogP contribution in [0.4, 0.5) is 0 Å². The van der Waals surface area contributed by atoms with Crippen molar-refractivity contribution in [2.24, 2.45) is 17.3 Å². The number of nitrogens with zero attached hydrogens (tertiary/aromatic N) is 1. The number of para-hydroxylation sites is 1. The van der Waals surface area contributed by atoms with Gasteiger partial charge in [0.15, 0.2) is 0 Å². The summed E-state index contributed by atoms with van der Waals surface area (Å²) in [5.41, 5.74) is 0.884. The number of piperidine rings is 1. The van der Waals surface area contributed by atoms with Crippen LogP contribution in [0, 0.1) is 17.3 Å². The van der Waals surface area contributed by atoms with Crippen molar-refractivity contribution in [3.05, 3.63) is 29.8 Å². The summed E-state index contributed by atoms with van der Waals surface area (Å²) in [6, 6.07) is 7.89. The molecule has 1 aromatic carbocycles. The molecule has 1 aliphatic carbocycles. The minimum atomic E-state index is -0.233. The first-order chi connectivity index (χ1) is 10.2. The fourth-order valence-electron chi connectivity index (χ4n) is 3.74. The Hall–Kier alpha value is -1.14. The minimum Gasteiger partial charge on any atom is -0.491 e. The Kier molecular flexibility index (Phi) is 4.17. The van der Waals surface area contributed by atoms with E-state index in [1.807, 2.05) is 24.3 Å². The van der Waals surface area contributed by atoms with E-state index in [2.05, 4.69) is 4.90 Å². The zero-order valence-corrected chi connectivity index (χ0v) is 12.1. The normalized spacial score (nSPS) is 26.6. The van der Waals surface area contributed by atoms with Crippen LogP contribution in [0.1, 0.15) is 5.56 Å². The highest BCUT2D eigenvalue weighted by molar-refractivity contribution is 5.33. The number of hydrogen-bond donors (Lipinski definition) is 3. The van der Waals surface area contributed by atoms with Crippen LogP contribution in [0.15, 0.2) is 24.3 Å². The first-order valence-corrected chi connectivity index (χ1v) is 7.51. The number of hydrogen-bond acceptors (Lipinski definition) is 5. The molecule has 1 aliphatic heterocycles. The second-order valence-electron chi connectivity index (χ2n) is 6.14. The monoisotopic (exact) mass is 293 g/mol. The minimum absolute atomic E-state index is 0.0116. The maximum atomic E-state index is 9.46. The van der Waals surface area contributed by atoms with Gasteiger partial charge >= 0.3 is 0 Å². The number of likely N-dealkylation sites (tertiary alicyclic amines) is 1. The highest BCUT2D eigenvalue weighted by atomic mass is 16.5. The topological polar surface area (TPSA) is 73.2 Å². The van der Waals surface area contributed by atoms with Crippen LogP contribution in [0.3, 0.4) is 0 Å². The maximum absolute atomic E-state index is 9.46. The Balaban J connectivity index is 1.60. The third kappa shape index (κ3) is 2.55. The molecule has 2 fully saturated rings. The van der Waals surface area contributed by atoms with Crippen LogP contribution in [0.25, 0.3) is 0 Å². The molecule has 116 valence electrons. The van der Waals surface area contributed by atoms with Crippen LogP contribution < -0.4 is 4.74 Å². The molecule has 3 N–H and O–H groups in total. The molecule has 1 saturated carbocycles. The van der Waals surface area contributed by atoms with Gasteiger partial charge in [-0.05, 0) is 17.9 Å². The molecule has 21 heavy (non-hydrogen) atoms. The van der Waals surface area contributed by atoms with E-state index in [1.54, 1.807) is 0 Å². The highest BCUT2D eigenvalue weighted by Crippen LogP contribution is 2.62. The van der Waals surface area contributed by atoms with Crippen LogP contribution >= 0.6 is 0 Å². The van der Waals surface area contributed by atoms with Crippen LogP contribution in [-0.4, -0.2) is 59.7 Å². The summed E-state index contributed by atoms with van der Waals surface area (Å²) >= 11 is 0. The largest absolute Gasteiger partial charge is 0.491 e. The molecule has 2 unspecified atom stereocenters. The predicted octanol–water partition coefficient (Wildman–Crippen LogP) is 0.0903. The summed E-state index contributed by atoms with van der Waals surface area (Å²) in [6.45, 7) is 3.13. The van der Waals surface area contributed by atoms with E-state index in [0.29, 0.717) is 18.4 Å². The van der Waals surface area contributed by atoms with Gasteiger partial charge in [-0.1, -0.05) is 18.2 Å². The smallest absolute Gasteiger partial charge is 0.123 e. The fraction of sp³-hybridized carbons (Fsp3) is 0.625. The summed E-state index contributed by atoms with van der Waals surface area (Å²) in [6.07, 6.45) is 0. The predicted molar refractivity (Wildman–Crippen MR) is 77.9 cm³/mol. The summed E-state index contributed by atoms with van der Waals surface area (Å²) in [4.78, 5) is 2.35. The highest BCUT2D eigenvalue weighted by Gasteiger charge is 2.67. The molecule has 1 heterocycles. The van der Waals surface area contributed by atoms with Gasteiger partial charge in [-0.15, -0.1) is 0 Å². The SMILES string of the molecule is OCCOc1ccccc1CN1CC2C(C1)C2(CO)CO. The van der Waals surface area contributed by atoms with Crippen molar-refractivity contribution in [2.45, 2.75) is 6.54 Å². The van der Waals surface area contributed by atoms with Crippen molar-refractivity contribution in [1.82, 2.24) is 4.90 Å². The molecule has 0 aromatic heterocycles. The molecule has 2 atom stereocenters. The fourth-order valence-corrected chi connectivity index (χ4v) is 3.74. The summed E-state index contributed by atoms with van der Waals surface area (Å²) in [5, 5.41) is 27.8. The van der Waals surface area contributed by atoms with E-state index in [1.165, 1.54) is 0 Å². The first kappa shape index (κ1) is 14.8. The van der Waals surface area contributed by atoms with Gasteiger partial charge in [0.1, 0.15) is 12.4 Å². The Morgan fingerprint density at radius 2 is 1.76 bits per heavy atom. The van der Waals surface area contributed by atoms with Crippen molar-refractivity contribution in [1.29, 1.82) is 0 Å². The van der Waals surface area contributed by atoms with Gasteiger partial charge in [-0.3, -0.25) is 4.90 Å². The Bertz CT molecular complexity index is 475. The lowest BCUT2D eigenvalue weighted by Gasteiger charge is -2.24. The number of ether oxygens (including phenoxy) is 1. The molecule has 1 aromatic rings. The van der Waals surface area contributed by atoms with E-state index in [-0.39, 0.29) is 25.2 Å². The quantitative estimate of drug-likeness (QED) is 0.664. The van der Waals surface area contributed by atoms with Gasteiger partial charge in [0.05, 0.1) is 19.8 Å². The van der Waals surface area contributed by atoms with Gasteiger partial charge in [0.2, 0.25) is 0 Å². The van der Waals surface area contributed by atoms with Crippen molar-refractivity contribution in [3.8, 4) is 5.75 Å². The third-order valence-corrected chi connectivity index (χ3v) is 5.07. The average Bonchev–Trinajstić information content (AvgIpc) is 2.88. The molecule has 0 bridgehead atoms. The Labute approximate surface area is 124 Å². The lowest BCUT2D eigenvalue weighted by Crippen LogP contribution is -2.31. The van der Waals surface area contributed by atoms with E-state index in [4.69, 9.17) is 9.84 Å². The molecule has 1 saturated heterocycles. The number of aliphatic hydroxyl groups is 3. The van der Waals surface area contributed by atoms with Gasteiger partial charge in [0.25, 0.3) is 0 Å². The zero-order chi connectivity index (χ0) is 14.9. The summed E-state index contributed by atoms with van der Waals surface area (Å²) in [7, 11) is 0. The van der Waals surface area contributed by atoms with E-state index in [0.717, 1.165) is 30.9 Å². The van der Waals surface area contributed by atoms with Crippen LogP contribution in [-0.2, 0) is 6.54 Å². The number of rotatable bonds is 7. The van der Waals surface area contributed by atoms with Crippen LogP contribution in [0.2, 0.25) is 0 Å². The number of benzene rings is 1. The molecule has 0 spiro atoms. The Morgan fingerprint density at radius 1 is 1.10 bits per heavy atom. The van der Waals surface area contributed by atoms with E-state index < -0.39 is 0 Å². The molecule has 2 aliphatic rings. The third-order valence-electron chi connectivity index (χ3n) is 5.07. The number of fused-ring (bicyclic) bond motifs is 1. The van der Waals surface area contributed by atoms with Crippen LogP contribution in [0.5, 0.6) is 5.75 Å². The second kappa shape index (κ2) is 5.93. The molecular weight excluding hydrogens is 270 g/mol. The Morgan fingerprint density at radius 3 is 2.38 bits per heavy atom. The summed E-state index contributed by atoms with van der Waals surface area (Å²) < 4.78 is 5.56. The maximum Gasteiger partial charge on any atom is 0.123 e. The second-order valence-corrected chi connectivity index (χ2v) is 6.14. The van der Waals surface area contributed by atoms with Crippen molar-refractivity contribution >= 4 is 0 Å². The number of aliphatic hydroxyl groups excluding tert-OH is 3. The lowest BCUT2D eigenvalue weighted by molar-refractivity contribution is 0.0866. The van der Waals surface area contributed by atoms with Gasteiger partial charge in [-0.25, -0.2) is 0 Å². The van der Waals surface area contributed by atoms with Gasteiger partial charge in [0, 0.05) is 30.6 Å². The molecular formula is C16H23NO4. The van der Waals surface area contributed by atoms with E-state index >= 15 is 0 Å². The van der Waals surface area contributed by atoms with Crippen molar-refractivity contribution < 1.29 is 20.1 Å². The van der Waals surface area contributed by atoms with Gasteiger partial charge < -0.3 is 20.1 Å². The van der Waals surface area contributed by atoms with Crippen molar-refractivity contribution in [2.75, 3.05) is 39.5 Å².